The molecule has 6 nitrogen and oxygen atoms in total. The van der Waals surface area contributed by atoms with Crippen molar-refractivity contribution >= 4 is 36.1 Å². The smallest absolute Gasteiger partial charge is 0.329 e. The molecule has 1 aromatic heterocycles. The van der Waals surface area contributed by atoms with E-state index in [1.54, 1.807) is 29.8 Å². The van der Waals surface area contributed by atoms with E-state index >= 15 is 0 Å². The zero-order chi connectivity index (χ0) is 21.5. The number of esters is 1. The highest BCUT2D eigenvalue weighted by molar-refractivity contribution is 7.80. The lowest BCUT2D eigenvalue weighted by Gasteiger charge is -2.15. The summed E-state index contributed by atoms with van der Waals surface area (Å²) in [4.78, 5) is 25.1. The van der Waals surface area contributed by atoms with Crippen molar-refractivity contribution in [1.82, 2.24) is 15.1 Å². The number of nitrogens with zero attached hydrogens (tertiary/aromatic N) is 2. The summed E-state index contributed by atoms with van der Waals surface area (Å²) in [5.74, 6) is -0.819. The number of nitrogens with one attached hydrogen (secondary N) is 1. The molecule has 8 heteroatoms. The maximum absolute atomic E-state index is 13.0. The predicted molar refractivity (Wildman–Crippen MR) is 120 cm³/mol. The van der Waals surface area contributed by atoms with Crippen molar-refractivity contribution < 1.29 is 14.3 Å². The summed E-state index contributed by atoms with van der Waals surface area (Å²) < 4.78 is 6.63. The highest BCUT2D eigenvalue weighted by Gasteiger charge is 2.24. The molecule has 0 bridgehead atoms. The van der Waals surface area contributed by atoms with Crippen LogP contribution in [0.2, 0.25) is 5.02 Å². The Bertz CT molecular complexity index is 1010. The molecule has 1 heterocycles. The summed E-state index contributed by atoms with van der Waals surface area (Å²) in [5, 5.41) is 7.93. The Hall–Kier alpha value is -2.77. The largest absolute Gasteiger partial charge is 0.464 e. The Morgan fingerprint density at radius 3 is 2.50 bits per heavy atom. The molecule has 0 fully saturated rings. The van der Waals surface area contributed by atoms with Crippen LogP contribution in [-0.2, 0) is 16.1 Å². The van der Waals surface area contributed by atoms with Crippen LogP contribution in [0, 0.1) is 0 Å². The van der Waals surface area contributed by atoms with Crippen LogP contribution >= 0.6 is 24.2 Å². The van der Waals surface area contributed by atoms with Gasteiger partial charge in [0.1, 0.15) is 11.7 Å². The summed E-state index contributed by atoms with van der Waals surface area (Å²) >= 11 is 10.1. The standard InChI is InChI=1S/C22H22ClN3O3S/c1-2-29-22(28)19(14-30)24-21(27)20-12-18(16-8-10-17(23)11-9-16)25-26(20)13-15-6-4-3-5-7-15/h3-12,19,30H,2,13-14H2,1H3,(H,24,27)/t19-/m1/s1. The van der Waals surface area contributed by atoms with Gasteiger partial charge in [0.2, 0.25) is 0 Å². The van der Waals surface area contributed by atoms with E-state index in [0.29, 0.717) is 23.0 Å². The van der Waals surface area contributed by atoms with Crippen molar-refractivity contribution in [3.8, 4) is 11.3 Å². The van der Waals surface area contributed by atoms with E-state index in [4.69, 9.17) is 16.3 Å². The zero-order valence-corrected chi connectivity index (χ0v) is 18.1. The molecule has 1 atom stereocenters. The number of amides is 1. The molecule has 0 saturated heterocycles. The molecule has 0 radical (unpaired) electrons. The van der Waals surface area contributed by atoms with Gasteiger partial charge in [0, 0.05) is 16.3 Å². The number of thiol groups is 1. The van der Waals surface area contributed by atoms with Crippen LogP contribution in [0.25, 0.3) is 11.3 Å². The lowest BCUT2D eigenvalue weighted by Crippen LogP contribution is -2.43. The monoisotopic (exact) mass is 443 g/mol. The van der Waals surface area contributed by atoms with Gasteiger partial charge in [0.25, 0.3) is 5.91 Å². The molecule has 3 rings (SSSR count). The third kappa shape index (κ3) is 5.43. The van der Waals surface area contributed by atoms with Crippen molar-refractivity contribution in [3.05, 3.63) is 76.9 Å². The van der Waals surface area contributed by atoms with Crippen LogP contribution in [-0.4, -0.2) is 40.1 Å². The normalized spacial score (nSPS) is 11.7. The molecule has 0 aliphatic heterocycles. The fourth-order valence-corrected chi connectivity index (χ4v) is 3.26. The second-order valence-corrected chi connectivity index (χ2v) is 7.33. The lowest BCUT2D eigenvalue weighted by atomic mass is 10.1. The Kier molecular flexibility index (Phi) is 7.54. The van der Waals surface area contributed by atoms with Crippen LogP contribution in [0.5, 0.6) is 0 Å². The first kappa shape index (κ1) is 21.9. The van der Waals surface area contributed by atoms with E-state index < -0.39 is 17.9 Å². The number of hydrogen-bond acceptors (Lipinski definition) is 5. The number of rotatable bonds is 8. The summed E-state index contributed by atoms with van der Waals surface area (Å²) in [5.41, 5.74) is 2.79. The molecule has 0 unspecified atom stereocenters. The van der Waals surface area contributed by atoms with Gasteiger partial charge in [0.05, 0.1) is 18.8 Å². The van der Waals surface area contributed by atoms with E-state index in [2.05, 4.69) is 23.0 Å². The molecular weight excluding hydrogens is 422 g/mol. The Balaban J connectivity index is 1.92. The fraction of sp³-hybridized carbons (Fsp3) is 0.227. The molecule has 1 amide bonds. The third-order valence-corrected chi connectivity index (χ3v) is 5.00. The Morgan fingerprint density at radius 2 is 1.87 bits per heavy atom. The van der Waals surface area contributed by atoms with Gasteiger partial charge in [-0.2, -0.15) is 17.7 Å². The highest BCUT2D eigenvalue weighted by atomic mass is 35.5. The first-order valence-corrected chi connectivity index (χ1v) is 10.5. The van der Waals surface area contributed by atoms with Crippen LogP contribution in [0.1, 0.15) is 23.0 Å². The third-order valence-electron chi connectivity index (χ3n) is 4.39. The quantitative estimate of drug-likeness (QED) is 0.410. The summed E-state index contributed by atoms with van der Waals surface area (Å²) in [6.07, 6.45) is 0. The number of ether oxygens (including phenoxy) is 1. The van der Waals surface area contributed by atoms with Crippen molar-refractivity contribution in [1.29, 1.82) is 0 Å². The summed E-state index contributed by atoms with van der Waals surface area (Å²) in [6, 6.07) is 17.8. The minimum Gasteiger partial charge on any atom is -0.464 e. The Labute approximate surface area is 185 Å². The molecule has 1 N–H and O–H groups in total. The van der Waals surface area contributed by atoms with Crippen molar-refractivity contribution in [2.45, 2.75) is 19.5 Å². The van der Waals surface area contributed by atoms with Crippen molar-refractivity contribution in [2.24, 2.45) is 0 Å². The maximum Gasteiger partial charge on any atom is 0.329 e. The number of carbonyl (C=O) groups excluding carboxylic acids is 2. The molecule has 30 heavy (non-hydrogen) atoms. The number of hydrogen-bond donors (Lipinski definition) is 2. The van der Waals surface area contributed by atoms with Crippen LogP contribution in [0.15, 0.2) is 60.7 Å². The van der Waals surface area contributed by atoms with Crippen LogP contribution < -0.4 is 5.32 Å². The molecule has 156 valence electrons. The minimum absolute atomic E-state index is 0.126. The first-order chi connectivity index (χ1) is 14.5. The highest BCUT2D eigenvalue weighted by Crippen LogP contribution is 2.22. The molecule has 0 saturated carbocycles. The average Bonchev–Trinajstić information content (AvgIpc) is 3.17. The van der Waals surface area contributed by atoms with Gasteiger partial charge < -0.3 is 10.1 Å². The second kappa shape index (κ2) is 10.3. The van der Waals surface area contributed by atoms with Crippen LogP contribution in [0.4, 0.5) is 0 Å². The van der Waals surface area contributed by atoms with Gasteiger partial charge in [-0.25, -0.2) is 4.79 Å². The molecule has 2 aromatic carbocycles. The van der Waals surface area contributed by atoms with Gasteiger partial charge in [-0.1, -0.05) is 54.1 Å². The van der Waals surface area contributed by atoms with E-state index in [-0.39, 0.29) is 12.4 Å². The van der Waals surface area contributed by atoms with Crippen LogP contribution in [0.3, 0.4) is 0 Å². The van der Waals surface area contributed by atoms with Gasteiger partial charge in [-0.15, -0.1) is 0 Å². The lowest BCUT2D eigenvalue weighted by molar-refractivity contribution is -0.144. The number of halogens is 1. The van der Waals surface area contributed by atoms with E-state index in [0.717, 1.165) is 11.1 Å². The van der Waals surface area contributed by atoms with Gasteiger partial charge in [-0.3, -0.25) is 9.48 Å². The number of aromatic nitrogens is 2. The maximum atomic E-state index is 13.0. The van der Waals surface area contributed by atoms with Crippen molar-refractivity contribution in [3.63, 3.8) is 0 Å². The summed E-state index contributed by atoms with van der Waals surface area (Å²) in [6.45, 7) is 2.34. The van der Waals surface area contributed by atoms with Gasteiger partial charge in [0.15, 0.2) is 0 Å². The second-order valence-electron chi connectivity index (χ2n) is 6.53. The first-order valence-electron chi connectivity index (χ1n) is 9.48. The molecule has 0 aliphatic rings. The van der Waals surface area contributed by atoms with E-state index in [1.807, 2.05) is 42.5 Å². The SMILES string of the molecule is CCOC(=O)[C@@H](CS)NC(=O)c1cc(-c2ccc(Cl)cc2)nn1Cc1ccccc1. The predicted octanol–water partition coefficient (Wildman–Crippen LogP) is 3.84. The zero-order valence-electron chi connectivity index (χ0n) is 16.4. The van der Waals surface area contributed by atoms with Crippen molar-refractivity contribution in [2.75, 3.05) is 12.4 Å². The van der Waals surface area contributed by atoms with E-state index in [1.165, 1.54) is 0 Å². The van der Waals surface area contributed by atoms with E-state index in [9.17, 15) is 9.59 Å². The number of carbonyl (C=O) groups is 2. The molecule has 0 aliphatic carbocycles. The van der Waals surface area contributed by atoms with Gasteiger partial charge >= 0.3 is 5.97 Å². The molecule has 3 aromatic rings. The Morgan fingerprint density at radius 1 is 1.17 bits per heavy atom. The molecular formula is C22H22ClN3O3S. The number of benzene rings is 2. The average molecular weight is 444 g/mol. The minimum atomic E-state index is -0.847. The summed E-state index contributed by atoms with van der Waals surface area (Å²) in [7, 11) is 0. The molecule has 0 spiro atoms. The topological polar surface area (TPSA) is 73.2 Å². The fourth-order valence-electron chi connectivity index (χ4n) is 2.89. The van der Waals surface area contributed by atoms with Gasteiger partial charge in [-0.05, 0) is 30.7 Å².